The molecule has 12 heteroatoms. The molecular weight excluding hydrogens is 476 g/mol. The van der Waals surface area contributed by atoms with Crippen LogP contribution >= 0.6 is 0 Å². The molecule has 0 aromatic heterocycles. The molecule has 0 aliphatic carbocycles. The molecule has 0 saturated heterocycles. The Morgan fingerprint density at radius 1 is 1.03 bits per heavy atom. The number of halogens is 4. The van der Waals surface area contributed by atoms with Crippen LogP contribution in [0, 0.1) is 33.4 Å². The molecule has 0 unspecified atom stereocenters. The lowest BCUT2D eigenvalue weighted by Gasteiger charge is -2.13. The number of nitro benzene ring substituents is 1. The zero-order valence-corrected chi connectivity index (χ0v) is 18.2. The summed E-state index contributed by atoms with van der Waals surface area (Å²) >= 11 is 0. The van der Waals surface area contributed by atoms with Crippen LogP contribution in [0.2, 0.25) is 0 Å². The van der Waals surface area contributed by atoms with Crippen LogP contribution in [0.15, 0.2) is 42.5 Å². The number of carbonyl (C=O) groups excluding carboxylic acids is 2. The molecule has 3 aromatic carbocycles. The van der Waals surface area contributed by atoms with Gasteiger partial charge in [-0.05, 0) is 35.9 Å². The highest BCUT2D eigenvalue weighted by Gasteiger charge is 2.27. The maximum atomic E-state index is 14.1. The molecule has 182 valence electrons. The standard InChI is InChI=1S/C23H16F4N2O6/c1-28(2)23(31)13-4-3-5-14(9-13)35-17-8-12(6-7-16(17)29(32)33)11-34-22-20(26)18(24)15(10-30)19(25)21(22)27/h3-10H,11H2,1-2H3. The molecule has 0 atom stereocenters. The number of carbonyl (C=O) groups is 2. The highest BCUT2D eigenvalue weighted by molar-refractivity contribution is 5.94. The van der Waals surface area contributed by atoms with Crippen LogP contribution in [-0.4, -0.2) is 36.1 Å². The van der Waals surface area contributed by atoms with Crippen molar-refractivity contribution in [2.24, 2.45) is 0 Å². The van der Waals surface area contributed by atoms with Gasteiger partial charge in [-0.3, -0.25) is 19.7 Å². The van der Waals surface area contributed by atoms with Crippen LogP contribution in [0.1, 0.15) is 26.3 Å². The molecule has 35 heavy (non-hydrogen) atoms. The Morgan fingerprint density at radius 2 is 1.69 bits per heavy atom. The Hall–Kier alpha value is -4.48. The highest BCUT2D eigenvalue weighted by Crippen LogP contribution is 2.34. The molecule has 0 heterocycles. The van der Waals surface area contributed by atoms with Gasteiger partial charge in [0.2, 0.25) is 17.4 Å². The summed E-state index contributed by atoms with van der Waals surface area (Å²) in [6.07, 6.45) is -0.373. The number of benzene rings is 3. The normalized spacial score (nSPS) is 10.6. The van der Waals surface area contributed by atoms with Crippen molar-refractivity contribution in [1.29, 1.82) is 0 Å². The smallest absolute Gasteiger partial charge is 0.311 e. The predicted molar refractivity (Wildman–Crippen MR) is 114 cm³/mol. The summed E-state index contributed by atoms with van der Waals surface area (Å²) in [6, 6.07) is 9.17. The van der Waals surface area contributed by atoms with Gasteiger partial charge in [-0.25, -0.2) is 8.78 Å². The van der Waals surface area contributed by atoms with Crippen molar-refractivity contribution in [3.63, 3.8) is 0 Å². The van der Waals surface area contributed by atoms with Crippen LogP contribution < -0.4 is 9.47 Å². The van der Waals surface area contributed by atoms with Crippen LogP contribution in [0.5, 0.6) is 17.2 Å². The molecule has 1 amide bonds. The lowest BCUT2D eigenvalue weighted by molar-refractivity contribution is -0.385. The third-order valence-corrected chi connectivity index (χ3v) is 4.69. The number of hydrogen-bond donors (Lipinski definition) is 0. The topological polar surface area (TPSA) is 99.0 Å². The van der Waals surface area contributed by atoms with Gasteiger partial charge in [-0.1, -0.05) is 6.07 Å². The van der Waals surface area contributed by atoms with Gasteiger partial charge in [-0.15, -0.1) is 0 Å². The van der Waals surface area contributed by atoms with Gasteiger partial charge in [0.1, 0.15) is 12.4 Å². The maximum Gasteiger partial charge on any atom is 0.311 e. The van der Waals surface area contributed by atoms with E-state index in [0.717, 1.165) is 12.1 Å². The molecule has 0 aliphatic heterocycles. The Kier molecular flexibility index (Phi) is 7.33. The van der Waals surface area contributed by atoms with Gasteiger partial charge in [0.15, 0.2) is 23.7 Å². The van der Waals surface area contributed by atoms with Crippen molar-refractivity contribution < 1.29 is 41.5 Å². The third kappa shape index (κ3) is 5.21. The van der Waals surface area contributed by atoms with Crippen molar-refractivity contribution in [1.82, 2.24) is 4.90 Å². The van der Waals surface area contributed by atoms with Crippen molar-refractivity contribution in [2.75, 3.05) is 14.1 Å². The molecule has 0 saturated carbocycles. The first kappa shape index (κ1) is 25.1. The monoisotopic (exact) mass is 492 g/mol. The van der Waals surface area contributed by atoms with E-state index in [1.807, 2.05) is 0 Å². The molecule has 0 radical (unpaired) electrons. The maximum absolute atomic E-state index is 14.1. The lowest BCUT2D eigenvalue weighted by Crippen LogP contribution is -2.21. The minimum absolute atomic E-state index is 0.0875. The van der Waals surface area contributed by atoms with Crippen molar-refractivity contribution in [3.05, 3.63) is 92.5 Å². The number of ether oxygens (including phenoxy) is 2. The molecular formula is C23H16F4N2O6. The minimum Gasteiger partial charge on any atom is -0.483 e. The zero-order valence-electron chi connectivity index (χ0n) is 18.2. The molecule has 0 aliphatic rings. The summed E-state index contributed by atoms with van der Waals surface area (Å²) in [5.41, 5.74) is -1.55. The molecule has 3 aromatic rings. The number of nitro groups is 1. The average molecular weight is 492 g/mol. The number of rotatable bonds is 8. The van der Waals surface area contributed by atoms with E-state index in [-0.39, 0.29) is 34.8 Å². The summed E-state index contributed by atoms with van der Waals surface area (Å²) in [5, 5.41) is 11.4. The van der Waals surface area contributed by atoms with Crippen LogP contribution in [0.3, 0.4) is 0 Å². The summed E-state index contributed by atoms with van der Waals surface area (Å²) in [7, 11) is 3.08. The fourth-order valence-electron chi connectivity index (χ4n) is 2.97. The van der Waals surface area contributed by atoms with Gasteiger partial charge in [0.25, 0.3) is 5.91 Å². The predicted octanol–water partition coefficient (Wildman–Crippen LogP) is 5.04. The molecule has 8 nitrogen and oxygen atoms in total. The number of aldehydes is 1. The first-order valence-corrected chi connectivity index (χ1v) is 9.76. The SMILES string of the molecule is CN(C)C(=O)c1cccc(Oc2cc(COc3c(F)c(F)c(C=O)c(F)c3F)ccc2[N+](=O)[O-])c1. The summed E-state index contributed by atoms with van der Waals surface area (Å²) in [4.78, 5) is 34.8. The second-order valence-corrected chi connectivity index (χ2v) is 7.29. The highest BCUT2D eigenvalue weighted by atomic mass is 19.2. The summed E-state index contributed by atoms with van der Waals surface area (Å²) in [5.74, 6) is -9.61. The van der Waals surface area contributed by atoms with Crippen LogP contribution in [-0.2, 0) is 6.61 Å². The van der Waals surface area contributed by atoms with Crippen molar-refractivity contribution in [2.45, 2.75) is 6.61 Å². The van der Waals surface area contributed by atoms with Crippen LogP contribution in [0.4, 0.5) is 23.2 Å². The van der Waals surface area contributed by atoms with E-state index < -0.39 is 51.8 Å². The Balaban J connectivity index is 1.91. The Labute approximate surface area is 195 Å². The molecule has 0 spiro atoms. The van der Waals surface area contributed by atoms with Gasteiger partial charge < -0.3 is 14.4 Å². The van der Waals surface area contributed by atoms with Crippen molar-refractivity contribution in [3.8, 4) is 17.2 Å². The number of amides is 1. The van der Waals surface area contributed by atoms with Gasteiger partial charge >= 0.3 is 5.69 Å². The molecule has 3 rings (SSSR count). The van der Waals surface area contributed by atoms with E-state index in [0.29, 0.717) is 0 Å². The Morgan fingerprint density at radius 3 is 2.26 bits per heavy atom. The largest absolute Gasteiger partial charge is 0.483 e. The van der Waals surface area contributed by atoms with Gasteiger partial charge in [0.05, 0.1) is 10.5 Å². The first-order valence-electron chi connectivity index (χ1n) is 9.76. The second kappa shape index (κ2) is 10.2. The van der Waals surface area contributed by atoms with E-state index in [9.17, 15) is 37.3 Å². The first-order chi connectivity index (χ1) is 16.5. The zero-order chi connectivity index (χ0) is 25.9. The number of hydrogen-bond acceptors (Lipinski definition) is 6. The fourth-order valence-corrected chi connectivity index (χ4v) is 2.97. The second-order valence-electron chi connectivity index (χ2n) is 7.29. The summed E-state index contributed by atoms with van der Waals surface area (Å²) < 4.78 is 66.2. The quantitative estimate of drug-likeness (QED) is 0.144. The third-order valence-electron chi connectivity index (χ3n) is 4.69. The van der Waals surface area contributed by atoms with E-state index in [2.05, 4.69) is 0 Å². The average Bonchev–Trinajstić information content (AvgIpc) is 2.82. The van der Waals surface area contributed by atoms with E-state index in [1.54, 1.807) is 14.1 Å². The van der Waals surface area contributed by atoms with Crippen LogP contribution in [0.25, 0.3) is 0 Å². The molecule has 0 fully saturated rings. The lowest BCUT2D eigenvalue weighted by atomic mass is 10.1. The number of nitrogens with zero attached hydrogens (tertiary/aromatic N) is 2. The Bertz CT molecular complexity index is 1300. The minimum atomic E-state index is -1.92. The van der Waals surface area contributed by atoms with E-state index >= 15 is 0 Å². The van der Waals surface area contributed by atoms with Gasteiger partial charge in [-0.2, -0.15) is 8.78 Å². The molecule has 0 N–H and O–H groups in total. The fraction of sp³-hybridized carbons (Fsp3) is 0.130. The van der Waals surface area contributed by atoms with Crippen molar-refractivity contribution >= 4 is 17.9 Å². The van der Waals surface area contributed by atoms with Gasteiger partial charge in [0, 0.05) is 25.7 Å². The molecule has 0 bridgehead atoms. The summed E-state index contributed by atoms with van der Waals surface area (Å²) in [6.45, 7) is -0.666. The van der Waals surface area contributed by atoms with E-state index in [4.69, 9.17) is 9.47 Å². The van der Waals surface area contributed by atoms with E-state index in [1.165, 1.54) is 35.2 Å².